The van der Waals surface area contributed by atoms with Gasteiger partial charge in [-0.3, -0.25) is 9.20 Å². The van der Waals surface area contributed by atoms with Crippen LogP contribution in [-0.4, -0.2) is 38.4 Å². The maximum Gasteiger partial charge on any atom is 0.286 e. The molecule has 0 aromatic carbocycles. The number of hydrogen-bond donors (Lipinski definition) is 0. The number of amides is 1. The molecule has 4 rings (SSSR count). The van der Waals surface area contributed by atoms with Crippen molar-refractivity contribution >= 4 is 34.6 Å². The summed E-state index contributed by atoms with van der Waals surface area (Å²) in [6.45, 7) is 1.93. The largest absolute Gasteiger partial charge is 0.351 e. The minimum atomic E-state index is -0.202. The van der Waals surface area contributed by atoms with Gasteiger partial charge in [0.1, 0.15) is 11.7 Å². The number of fused-ring (bicyclic) bond motifs is 1. The van der Waals surface area contributed by atoms with Crippen molar-refractivity contribution in [3.8, 4) is 6.07 Å². The van der Waals surface area contributed by atoms with Gasteiger partial charge in [0.2, 0.25) is 0 Å². The highest BCUT2D eigenvalue weighted by atomic mass is 32.2. The van der Waals surface area contributed by atoms with E-state index in [-0.39, 0.29) is 5.91 Å². The molecular weight excluding hydrogens is 322 g/mol. The molecule has 1 amide bonds. The van der Waals surface area contributed by atoms with E-state index < -0.39 is 0 Å². The van der Waals surface area contributed by atoms with Crippen LogP contribution >= 0.6 is 11.8 Å². The summed E-state index contributed by atoms with van der Waals surface area (Å²) >= 11 is 1.42. The average Bonchev–Trinajstić information content (AvgIpc) is 3.19. The van der Waals surface area contributed by atoms with Crippen molar-refractivity contribution in [2.24, 2.45) is 4.99 Å². The maximum atomic E-state index is 12.2. The number of likely N-dealkylation sites (tertiary alicyclic amines) is 1. The maximum absolute atomic E-state index is 12.2. The number of hydrogen-bond acceptors (Lipinski definition) is 5. The minimum absolute atomic E-state index is 0.202. The Morgan fingerprint density at radius 1 is 1.25 bits per heavy atom. The molecule has 0 aliphatic carbocycles. The first-order valence-corrected chi connectivity index (χ1v) is 8.71. The average molecular weight is 337 g/mol. The van der Waals surface area contributed by atoms with Crippen molar-refractivity contribution in [1.82, 2.24) is 14.3 Å². The zero-order valence-electron chi connectivity index (χ0n) is 13.0. The Morgan fingerprint density at radius 3 is 2.88 bits per heavy atom. The molecule has 0 spiro atoms. The molecule has 0 saturated carbocycles. The van der Waals surface area contributed by atoms with Gasteiger partial charge in [-0.25, -0.2) is 4.98 Å². The van der Waals surface area contributed by atoms with E-state index in [0.29, 0.717) is 10.5 Å². The molecule has 0 unspecified atom stereocenters. The van der Waals surface area contributed by atoms with Crippen molar-refractivity contribution in [2.75, 3.05) is 13.1 Å². The fraction of sp³-hybridized carbons (Fsp3) is 0.294. The lowest BCUT2D eigenvalue weighted by molar-refractivity contribution is -0.113. The van der Waals surface area contributed by atoms with E-state index in [0.717, 1.165) is 42.4 Å². The summed E-state index contributed by atoms with van der Waals surface area (Å²) in [5.41, 5.74) is 2.07. The number of piperidine rings is 1. The van der Waals surface area contributed by atoms with Crippen LogP contribution < -0.4 is 0 Å². The molecule has 7 heteroatoms. The topological polar surface area (TPSA) is 73.8 Å². The lowest BCUT2D eigenvalue weighted by Gasteiger charge is -2.27. The molecule has 2 aliphatic rings. The van der Waals surface area contributed by atoms with Crippen molar-refractivity contribution in [3.05, 3.63) is 40.7 Å². The number of amidine groups is 1. The number of imidazole rings is 1. The number of aliphatic imine (C=N–C) groups is 1. The summed E-state index contributed by atoms with van der Waals surface area (Å²) in [6.07, 6.45) is 8.78. The number of nitriles is 1. The Hall–Kier alpha value is -2.59. The Balaban J connectivity index is 1.63. The van der Waals surface area contributed by atoms with Crippen LogP contribution in [0.4, 0.5) is 0 Å². The Bertz CT molecular complexity index is 915. The number of rotatable bonds is 1. The Kier molecular flexibility index (Phi) is 3.82. The molecule has 24 heavy (non-hydrogen) atoms. The molecule has 1 fully saturated rings. The van der Waals surface area contributed by atoms with Gasteiger partial charge >= 0.3 is 0 Å². The Morgan fingerprint density at radius 2 is 2.08 bits per heavy atom. The van der Waals surface area contributed by atoms with Crippen LogP contribution in [0.5, 0.6) is 0 Å². The molecule has 0 bridgehead atoms. The van der Waals surface area contributed by atoms with E-state index in [1.165, 1.54) is 18.2 Å². The monoisotopic (exact) mass is 337 g/mol. The van der Waals surface area contributed by atoms with E-state index in [1.807, 2.05) is 4.40 Å². The predicted octanol–water partition coefficient (Wildman–Crippen LogP) is 2.66. The smallest absolute Gasteiger partial charge is 0.286 e. The third kappa shape index (κ3) is 2.69. The van der Waals surface area contributed by atoms with Crippen LogP contribution in [0.3, 0.4) is 0 Å². The van der Waals surface area contributed by atoms with Gasteiger partial charge in [0.15, 0.2) is 5.17 Å². The zero-order valence-corrected chi connectivity index (χ0v) is 13.8. The van der Waals surface area contributed by atoms with Crippen LogP contribution in [0, 0.1) is 11.3 Å². The third-order valence-electron chi connectivity index (χ3n) is 4.18. The fourth-order valence-electron chi connectivity index (χ4n) is 2.93. The van der Waals surface area contributed by atoms with E-state index in [1.54, 1.807) is 30.6 Å². The molecule has 4 heterocycles. The van der Waals surface area contributed by atoms with Gasteiger partial charge in [-0.15, -0.1) is 0 Å². The molecule has 0 N–H and O–H groups in total. The number of aromatic nitrogens is 2. The molecule has 120 valence electrons. The summed E-state index contributed by atoms with van der Waals surface area (Å²) in [5, 5.41) is 9.85. The van der Waals surface area contributed by atoms with Gasteiger partial charge in [0.25, 0.3) is 5.91 Å². The first-order chi connectivity index (χ1) is 11.7. The lowest BCUT2D eigenvalue weighted by Crippen LogP contribution is -2.33. The second kappa shape index (κ2) is 6.13. The van der Waals surface area contributed by atoms with Crippen molar-refractivity contribution in [1.29, 1.82) is 5.26 Å². The summed E-state index contributed by atoms with van der Waals surface area (Å²) < 4.78 is 1.82. The summed E-state index contributed by atoms with van der Waals surface area (Å²) in [7, 11) is 0. The predicted molar refractivity (Wildman–Crippen MR) is 93.3 cm³/mol. The molecule has 1 saturated heterocycles. The molecule has 2 aromatic heterocycles. The quantitative estimate of drug-likeness (QED) is 0.748. The summed E-state index contributed by atoms with van der Waals surface area (Å²) in [5.74, 6) is -0.202. The van der Waals surface area contributed by atoms with Crippen LogP contribution in [0.1, 0.15) is 30.5 Å². The van der Waals surface area contributed by atoms with Gasteiger partial charge in [-0.2, -0.15) is 10.3 Å². The van der Waals surface area contributed by atoms with Gasteiger partial charge in [0.05, 0.1) is 22.4 Å². The zero-order chi connectivity index (χ0) is 16.5. The molecule has 2 aromatic rings. The first-order valence-electron chi connectivity index (χ1n) is 7.89. The van der Waals surface area contributed by atoms with Gasteiger partial charge in [0, 0.05) is 19.3 Å². The highest BCUT2D eigenvalue weighted by Gasteiger charge is 2.27. The summed E-state index contributed by atoms with van der Waals surface area (Å²) in [4.78, 5) is 23.5. The van der Waals surface area contributed by atoms with Gasteiger partial charge < -0.3 is 4.90 Å². The van der Waals surface area contributed by atoms with E-state index in [9.17, 15) is 4.79 Å². The van der Waals surface area contributed by atoms with Crippen molar-refractivity contribution < 1.29 is 4.79 Å². The Labute approximate surface area is 143 Å². The van der Waals surface area contributed by atoms with E-state index in [4.69, 9.17) is 5.26 Å². The molecular formula is C17H15N5OS. The number of thioether (sulfide) groups is 1. The van der Waals surface area contributed by atoms with E-state index in [2.05, 4.69) is 20.9 Å². The van der Waals surface area contributed by atoms with E-state index >= 15 is 0 Å². The second-order valence-electron chi connectivity index (χ2n) is 5.80. The van der Waals surface area contributed by atoms with Crippen LogP contribution in [0.2, 0.25) is 0 Å². The SMILES string of the molecule is N#Cc1ccc2ncc(/C=C3\SC(N4CCCCC4)=NC3=O)n2c1. The number of carbonyl (C=O) groups is 1. The van der Waals surface area contributed by atoms with Crippen molar-refractivity contribution in [2.45, 2.75) is 19.3 Å². The third-order valence-corrected chi connectivity index (χ3v) is 5.22. The highest BCUT2D eigenvalue weighted by molar-refractivity contribution is 8.18. The van der Waals surface area contributed by atoms with Crippen molar-refractivity contribution in [3.63, 3.8) is 0 Å². The second-order valence-corrected chi connectivity index (χ2v) is 6.81. The number of nitrogens with zero attached hydrogens (tertiary/aromatic N) is 5. The van der Waals surface area contributed by atoms with Crippen LogP contribution in [0.25, 0.3) is 11.7 Å². The highest BCUT2D eigenvalue weighted by Crippen LogP contribution is 2.31. The molecule has 6 nitrogen and oxygen atoms in total. The first kappa shape index (κ1) is 15.0. The molecule has 0 radical (unpaired) electrons. The fourth-order valence-corrected chi connectivity index (χ4v) is 3.87. The number of carbonyl (C=O) groups excluding carboxylic acids is 1. The standard InChI is InChI=1S/C17H15N5OS/c18-9-12-4-5-15-19-10-13(22(15)11-12)8-14-16(23)20-17(24-14)21-6-2-1-3-7-21/h4-5,8,10-11H,1-3,6-7H2/b14-8-. The summed E-state index contributed by atoms with van der Waals surface area (Å²) in [6, 6.07) is 5.64. The van der Waals surface area contributed by atoms with Gasteiger partial charge in [-0.1, -0.05) is 0 Å². The van der Waals surface area contributed by atoms with Crippen LogP contribution in [0.15, 0.2) is 34.4 Å². The molecule has 2 aliphatic heterocycles. The lowest BCUT2D eigenvalue weighted by atomic mass is 10.1. The minimum Gasteiger partial charge on any atom is -0.351 e. The van der Waals surface area contributed by atoms with Crippen LogP contribution in [-0.2, 0) is 4.79 Å². The van der Waals surface area contributed by atoms with Gasteiger partial charge in [-0.05, 0) is 49.2 Å². The number of pyridine rings is 1. The molecule has 0 atom stereocenters. The normalized spacial score (nSPS) is 19.8.